The van der Waals surface area contributed by atoms with E-state index in [1.54, 1.807) is 0 Å². The predicted octanol–water partition coefficient (Wildman–Crippen LogP) is 3.25. The van der Waals surface area contributed by atoms with Crippen LogP contribution >= 0.6 is 0 Å². The molecule has 0 atom stereocenters. The molecule has 0 amide bonds. The molecule has 18 heavy (non-hydrogen) atoms. The highest BCUT2D eigenvalue weighted by Gasteiger charge is 2.04. The standard InChI is InChI=1S/C14H27N3O/c1-2-3-4-5-6-7-8-10-13-16-17-14(18-13)11-9-12-15/h2-12,15H2,1H3. The Bertz CT molecular complexity index is 299. The lowest BCUT2D eigenvalue weighted by Gasteiger charge is -1.99. The minimum Gasteiger partial charge on any atom is -0.425 e. The summed E-state index contributed by atoms with van der Waals surface area (Å²) in [4.78, 5) is 0. The fraction of sp³-hybridized carbons (Fsp3) is 0.857. The van der Waals surface area contributed by atoms with Crippen molar-refractivity contribution in [1.82, 2.24) is 10.2 Å². The van der Waals surface area contributed by atoms with Crippen molar-refractivity contribution in [3.8, 4) is 0 Å². The molecule has 0 saturated heterocycles. The second-order valence-corrected chi connectivity index (χ2v) is 4.85. The summed E-state index contributed by atoms with van der Waals surface area (Å²) in [6, 6.07) is 0. The molecule has 0 saturated carbocycles. The molecule has 0 aromatic carbocycles. The Labute approximate surface area is 110 Å². The third-order valence-electron chi connectivity index (χ3n) is 3.10. The summed E-state index contributed by atoms with van der Waals surface area (Å²) in [7, 11) is 0. The number of unbranched alkanes of at least 4 members (excludes halogenated alkanes) is 6. The van der Waals surface area contributed by atoms with Crippen LogP contribution in [0, 0.1) is 0 Å². The van der Waals surface area contributed by atoms with Gasteiger partial charge < -0.3 is 10.2 Å². The van der Waals surface area contributed by atoms with Gasteiger partial charge >= 0.3 is 0 Å². The van der Waals surface area contributed by atoms with E-state index in [4.69, 9.17) is 10.2 Å². The number of hydrogen-bond donors (Lipinski definition) is 1. The van der Waals surface area contributed by atoms with Crippen LogP contribution in [0.25, 0.3) is 0 Å². The topological polar surface area (TPSA) is 64.9 Å². The lowest BCUT2D eigenvalue weighted by atomic mass is 10.1. The van der Waals surface area contributed by atoms with Crippen molar-refractivity contribution < 1.29 is 4.42 Å². The second kappa shape index (κ2) is 10.1. The van der Waals surface area contributed by atoms with Gasteiger partial charge in [-0.1, -0.05) is 45.4 Å². The van der Waals surface area contributed by atoms with Crippen molar-refractivity contribution in [2.75, 3.05) is 6.54 Å². The Morgan fingerprint density at radius 3 is 2.00 bits per heavy atom. The van der Waals surface area contributed by atoms with Crippen LogP contribution in [-0.4, -0.2) is 16.7 Å². The highest BCUT2D eigenvalue weighted by Crippen LogP contribution is 2.10. The third kappa shape index (κ3) is 6.74. The minimum atomic E-state index is 0.676. The number of aromatic nitrogens is 2. The van der Waals surface area contributed by atoms with Gasteiger partial charge in [-0.3, -0.25) is 0 Å². The van der Waals surface area contributed by atoms with E-state index in [9.17, 15) is 0 Å². The molecule has 2 N–H and O–H groups in total. The summed E-state index contributed by atoms with van der Waals surface area (Å²) in [5.41, 5.74) is 5.44. The maximum absolute atomic E-state index is 5.55. The van der Waals surface area contributed by atoms with Gasteiger partial charge in [0.1, 0.15) is 0 Å². The van der Waals surface area contributed by atoms with Gasteiger partial charge in [-0.2, -0.15) is 0 Å². The number of aryl methyl sites for hydroxylation is 2. The Balaban J connectivity index is 2.03. The van der Waals surface area contributed by atoms with Crippen LogP contribution in [0.1, 0.15) is 70.1 Å². The van der Waals surface area contributed by atoms with E-state index < -0.39 is 0 Å². The van der Waals surface area contributed by atoms with Gasteiger partial charge in [-0.25, -0.2) is 0 Å². The van der Waals surface area contributed by atoms with Crippen molar-refractivity contribution in [2.24, 2.45) is 5.73 Å². The molecular formula is C14H27N3O. The lowest BCUT2D eigenvalue weighted by molar-refractivity contribution is 0.436. The van der Waals surface area contributed by atoms with Crippen molar-refractivity contribution in [1.29, 1.82) is 0 Å². The van der Waals surface area contributed by atoms with E-state index in [1.807, 2.05) is 0 Å². The molecule has 104 valence electrons. The van der Waals surface area contributed by atoms with Gasteiger partial charge in [0, 0.05) is 12.8 Å². The molecule has 0 aliphatic rings. The van der Waals surface area contributed by atoms with Crippen LogP contribution in [0.3, 0.4) is 0 Å². The van der Waals surface area contributed by atoms with Crippen molar-refractivity contribution in [2.45, 2.75) is 71.1 Å². The van der Waals surface area contributed by atoms with Gasteiger partial charge in [-0.15, -0.1) is 10.2 Å². The third-order valence-corrected chi connectivity index (χ3v) is 3.10. The first-order chi connectivity index (χ1) is 8.86. The highest BCUT2D eigenvalue weighted by molar-refractivity contribution is 4.82. The zero-order chi connectivity index (χ0) is 13.1. The summed E-state index contributed by atoms with van der Waals surface area (Å²) in [5, 5.41) is 8.08. The first-order valence-corrected chi connectivity index (χ1v) is 7.38. The quantitative estimate of drug-likeness (QED) is 0.615. The zero-order valence-corrected chi connectivity index (χ0v) is 11.7. The monoisotopic (exact) mass is 253 g/mol. The molecule has 1 aromatic heterocycles. The maximum atomic E-state index is 5.55. The number of nitrogens with two attached hydrogens (primary N) is 1. The van der Waals surface area contributed by atoms with E-state index >= 15 is 0 Å². The molecule has 0 radical (unpaired) electrons. The Morgan fingerprint density at radius 2 is 1.39 bits per heavy atom. The molecule has 1 heterocycles. The van der Waals surface area contributed by atoms with E-state index in [1.165, 1.54) is 38.5 Å². The van der Waals surface area contributed by atoms with Gasteiger partial charge in [0.05, 0.1) is 0 Å². The lowest BCUT2D eigenvalue weighted by Crippen LogP contribution is -2.00. The maximum Gasteiger partial charge on any atom is 0.216 e. The van der Waals surface area contributed by atoms with Crippen LogP contribution < -0.4 is 5.73 Å². The molecular weight excluding hydrogens is 226 g/mol. The summed E-state index contributed by atoms with van der Waals surface area (Å²) < 4.78 is 5.55. The summed E-state index contributed by atoms with van der Waals surface area (Å²) in [5.74, 6) is 1.52. The molecule has 0 aliphatic heterocycles. The first-order valence-electron chi connectivity index (χ1n) is 7.38. The molecule has 1 aromatic rings. The smallest absolute Gasteiger partial charge is 0.216 e. The molecule has 0 aliphatic carbocycles. The average Bonchev–Trinajstić information content (AvgIpc) is 2.83. The molecule has 0 fully saturated rings. The SMILES string of the molecule is CCCCCCCCCc1nnc(CCCN)o1. The summed E-state index contributed by atoms with van der Waals surface area (Å²) in [6.45, 7) is 2.92. The van der Waals surface area contributed by atoms with Gasteiger partial charge in [0.2, 0.25) is 11.8 Å². The molecule has 0 spiro atoms. The van der Waals surface area contributed by atoms with Gasteiger partial charge in [0.15, 0.2) is 0 Å². The fourth-order valence-electron chi connectivity index (χ4n) is 1.98. The normalized spacial score (nSPS) is 11.0. The first kappa shape index (κ1) is 15.2. The highest BCUT2D eigenvalue weighted by atomic mass is 16.4. The van der Waals surface area contributed by atoms with Crippen molar-refractivity contribution in [3.63, 3.8) is 0 Å². The van der Waals surface area contributed by atoms with Crippen LogP contribution in [0.2, 0.25) is 0 Å². The Kier molecular flexibility index (Phi) is 8.47. The summed E-state index contributed by atoms with van der Waals surface area (Å²) >= 11 is 0. The molecule has 0 unspecified atom stereocenters. The molecule has 4 heteroatoms. The average molecular weight is 253 g/mol. The Morgan fingerprint density at radius 1 is 0.833 bits per heavy atom. The molecule has 4 nitrogen and oxygen atoms in total. The number of nitrogens with zero attached hydrogens (tertiary/aromatic N) is 2. The summed E-state index contributed by atoms with van der Waals surface area (Å²) in [6.07, 6.45) is 11.8. The van der Waals surface area contributed by atoms with E-state index in [0.29, 0.717) is 6.54 Å². The second-order valence-electron chi connectivity index (χ2n) is 4.85. The van der Waals surface area contributed by atoms with Crippen LogP contribution in [-0.2, 0) is 12.8 Å². The van der Waals surface area contributed by atoms with Crippen LogP contribution in [0.15, 0.2) is 4.42 Å². The number of rotatable bonds is 11. The molecule has 1 rings (SSSR count). The molecule has 0 bridgehead atoms. The van der Waals surface area contributed by atoms with E-state index in [2.05, 4.69) is 17.1 Å². The van der Waals surface area contributed by atoms with Crippen LogP contribution in [0.5, 0.6) is 0 Å². The van der Waals surface area contributed by atoms with Crippen molar-refractivity contribution in [3.05, 3.63) is 11.8 Å². The Hall–Kier alpha value is -0.900. The van der Waals surface area contributed by atoms with Crippen LogP contribution in [0.4, 0.5) is 0 Å². The zero-order valence-electron chi connectivity index (χ0n) is 11.7. The number of hydrogen-bond acceptors (Lipinski definition) is 4. The minimum absolute atomic E-state index is 0.676. The predicted molar refractivity (Wildman–Crippen MR) is 73.4 cm³/mol. The van der Waals surface area contributed by atoms with Crippen molar-refractivity contribution >= 4 is 0 Å². The fourth-order valence-corrected chi connectivity index (χ4v) is 1.98. The van der Waals surface area contributed by atoms with E-state index in [0.717, 1.165) is 37.5 Å². The van der Waals surface area contributed by atoms with Gasteiger partial charge in [0.25, 0.3) is 0 Å². The largest absolute Gasteiger partial charge is 0.425 e. The van der Waals surface area contributed by atoms with Gasteiger partial charge in [-0.05, 0) is 19.4 Å². The van der Waals surface area contributed by atoms with E-state index in [-0.39, 0.29) is 0 Å².